The van der Waals surface area contributed by atoms with Crippen LogP contribution < -0.4 is 5.73 Å². The lowest BCUT2D eigenvalue weighted by Crippen LogP contribution is -2.46. The van der Waals surface area contributed by atoms with E-state index in [-0.39, 0.29) is 18.1 Å². The maximum absolute atomic E-state index is 11.3. The maximum atomic E-state index is 11.3. The highest BCUT2D eigenvalue weighted by Crippen LogP contribution is 2.22. The third-order valence-corrected chi connectivity index (χ3v) is 3.77. The normalized spacial score (nSPS) is 24.8. The highest BCUT2D eigenvalue weighted by molar-refractivity contribution is 5.76. The van der Waals surface area contributed by atoms with E-state index >= 15 is 0 Å². The Morgan fingerprint density at radius 1 is 1.32 bits per heavy atom. The van der Waals surface area contributed by atoms with Crippen molar-refractivity contribution in [2.24, 2.45) is 11.7 Å². The van der Waals surface area contributed by atoms with E-state index in [1.807, 2.05) is 13.8 Å². The maximum Gasteiger partial charge on any atom is 0.221 e. The molecule has 1 amide bonds. The average Bonchev–Trinajstić information content (AvgIpc) is 2.37. The number of piperidine rings is 1. The summed E-state index contributed by atoms with van der Waals surface area (Å²) in [5.41, 5.74) is 5.41. The van der Waals surface area contributed by atoms with Gasteiger partial charge in [-0.25, -0.2) is 0 Å². The van der Waals surface area contributed by atoms with Crippen molar-refractivity contribution in [1.82, 2.24) is 4.90 Å². The largest absolute Gasteiger partial charge is 0.369 e. The molecule has 0 radical (unpaired) electrons. The molecule has 0 spiro atoms. The smallest absolute Gasteiger partial charge is 0.221 e. The van der Waals surface area contributed by atoms with Crippen molar-refractivity contribution in [3.8, 4) is 0 Å². The van der Waals surface area contributed by atoms with Crippen LogP contribution >= 0.6 is 0 Å². The van der Waals surface area contributed by atoms with E-state index in [1.165, 1.54) is 0 Å². The summed E-state index contributed by atoms with van der Waals surface area (Å²) in [6.07, 6.45) is 2.63. The number of rotatable bonds is 8. The van der Waals surface area contributed by atoms with E-state index in [2.05, 4.69) is 11.8 Å². The zero-order valence-corrected chi connectivity index (χ0v) is 12.4. The first-order chi connectivity index (χ1) is 9.08. The molecular weight excluding hydrogens is 244 g/mol. The molecule has 112 valence electrons. The van der Waals surface area contributed by atoms with Crippen LogP contribution in [0.25, 0.3) is 0 Å². The molecule has 5 heteroatoms. The lowest BCUT2D eigenvalue weighted by atomic mass is 9.93. The van der Waals surface area contributed by atoms with Crippen molar-refractivity contribution in [1.29, 1.82) is 0 Å². The van der Waals surface area contributed by atoms with Crippen molar-refractivity contribution < 1.29 is 14.3 Å². The minimum absolute atomic E-state index is 0.00571. The number of likely N-dealkylation sites (tertiary alicyclic amines) is 1. The van der Waals surface area contributed by atoms with Gasteiger partial charge in [0.25, 0.3) is 0 Å². The third-order valence-electron chi connectivity index (χ3n) is 3.77. The number of amides is 1. The molecule has 0 saturated carbocycles. The lowest BCUT2D eigenvalue weighted by Gasteiger charge is -2.37. The number of carbonyl (C=O) groups excluding carboxylic acids is 1. The minimum Gasteiger partial charge on any atom is -0.369 e. The van der Waals surface area contributed by atoms with Crippen LogP contribution in [0.2, 0.25) is 0 Å². The number of nitrogens with two attached hydrogens (primary N) is 1. The second-order valence-corrected chi connectivity index (χ2v) is 5.15. The summed E-state index contributed by atoms with van der Waals surface area (Å²) in [4.78, 5) is 13.6. The summed E-state index contributed by atoms with van der Waals surface area (Å²) in [6, 6.07) is 0.500. The Kier molecular flexibility index (Phi) is 7.34. The van der Waals surface area contributed by atoms with Crippen LogP contribution in [0.5, 0.6) is 0 Å². The number of ether oxygens (including phenoxy) is 2. The summed E-state index contributed by atoms with van der Waals surface area (Å²) in [5.74, 6) is -0.183. The Balaban J connectivity index is 2.42. The van der Waals surface area contributed by atoms with Crippen molar-refractivity contribution in [2.45, 2.75) is 52.4 Å². The van der Waals surface area contributed by atoms with Gasteiger partial charge in [0, 0.05) is 38.8 Å². The van der Waals surface area contributed by atoms with Crippen molar-refractivity contribution in [3.05, 3.63) is 0 Å². The monoisotopic (exact) mass is 272 g/mol. The molecule has 0 aromatic heterocycles. The Morgan fingerprint density at radius 2 is 1.95 bits per heavy atom. The zero-order chi connectivity index (χ0) is 14.3. The van der Waals surface area contributed by atoms with E-state index in [0.717, 1.165) is 32.4 Å². The zero-order valence-electron chi connectivity index (χ0n) is 12.4. The second kappa shape index (κ2) is 8.51. The van der Waals surface area contributed by atoms with Gasteiger partial charge in [-0.1, -0.05) is 0 Å². The van der Waals surface area contributed by atoms with Crippen LogP contribution in [0.15, 0.2) is 0 Å². The molecule has 1 saturated heterocycles. The van der Waals surface area contributed by atoms with Gasteiger partial charge in [0.05, 0.1) is 5.92 Å². The van der Waals surface area contributed by atoms with Gasteiger partial charge in [-0.2, -0.15) is 0 Å². The molecule has 1 aliphatic heterocycles. The third kappa shape index (κ3) is 5.47. The van der Waals surface area contributed by atoms with Crippen molar-refractivity contribution >= 4 is 5.91 Å². The summed E-state index contributed by atoms with van der Waals surface area (Å²) in [6.45, 7) is 9.11. The highest BCUT2D eigenvalue weighted by atomic mass is 16.7. The lowest BCUT2D eigenvalue weighted by molar-refractivity contribution is -0.143. The van der Waals surface area contributed by atoms with Crippen LogP contribution in [0.1, 0.15) is 40.0 Å². The second-order valence-electron chi connectivity index (χ2n) is 5.15. The Morgan fingerprint density at radius 3 is 2.47 bits per heavy atom. The van der Waals surface area contributed by atoms with E-state index in [9.17, 15) is 4.79 Å². The molecule has 1 fully saturated rings. The molecule has 19 heavy (non-hydrogen) atoms. The summed E-state index contributed by atoms with van der Waals surface area (Å²) >= 11 is 0. The molecule has 0 aromatic carbocycles. The van der Waals surface area contributed by atoms with Gasteiger partial charge >= 0.3 is 0 Å². The predicted octanol–water partition coefficient (Wildman–Crippen LogP) is 1.36. The van der Waals surface area contributed by atoms with Crippen LogP contribution in [0.3, 0.4) is 0 Å². The van der Waals surface area contributed by atoms with E-state index in [1.54, 1.807) is 0 Å². The van der Waals surface area contributed by atoms with Gasteiger partial charge in [-0.05, 0) is 33.6 Å². The molecule has 1 rings (SSSR count). The predicted molar refractivity (Wildman–Crippen MR) is 74.6 cm³/mol. The average molecular weight is 272 g/mol. The van der Waals surface area contributed by atoms with Gasteiger partial charge in [-0.15, -0.1) is 0 Å². The number of primary amides is 1. The molecule has 0 aromatic rings. The van der Waals surface area contributed by atoms with Crippen LogP contribution in [-0.4, -0.2) is 49.4 Å². The summed E-state index contributed by atoms with van der Waals surface area (Å²) in [5, 5.41) is 0. The molecule has 1 aliphatic rings. The van der Waals surface area contributed by atoms with Crippen molar-refractivity contribution in [2.75, 3.05) is 26.3 Å². The number of nitrogens with zero attached hydrogens (tertiary/aromatic N) is 1. The molecule has 2 unspecified atom stereocenters. The molecule has 2 N–H and O–H groups in total. The SMILES string of the molecule is CCOC(CCN1CC(C(N)=O)CCC1C)OCC. The quantitative estimate of drug-likeness (QED) is 0.678. The number of carbonyl (C=O) groups is 1. The van der Waals surface area contributed by atoms with Gasteiger partial charge in [0.15, 0.2) is 6.29 Å². The summed E-state index contributed by atoms with van der Waals surface area (Å²) in [7, 11) is 0. The fourth-order valence-electron chi connectivity index (χ4n) is 2.58. The van der Waals surface area contributed by atoms with E-state index < -0.39 is 0 Å². The fraction of sp³-hybridized carbons (Fsp3) is 0.929. The topological polar surface area (TPSA) is 64.8 Å². The molecule has 1 heterocycles. The molecule has 2 atom stereocenters. The van der Waals surface area contributed by atoms with Gasteiger partial charge in [0.2, 0.25) is 5.91 Å². The fourth-order valence-corrected chi connectivity index (χ4v) is 2.58. The van der Waals surface area contributed by atoms with Gasteiger partial charge < -0.3 is 15.2 Å². The number of hydrogen-bond donors (Lipinski definition) is 1. The first-order valence-corrected chi connectivity index (χ1v) is 7.35. The van der Waals surface area contributed by atoms with Crippen LogP contribution in [0.4, 0.5) is 0 Å². The molecule has 5 nitrogen and oxygen atoms in total. The number of hydrogen-bond acceptors (Lipinski definition) is 4. The standard InChI is InChI=1S/C14H28N2O3/c1-4-18-13(19-5-2)8-9-16-10-12(14(15)17)7-6-11(16)3/h11-13H,4-10H2,1-3H3,(H2,15,17). The summed E-state index contributed by atoms with van der Waals surface area (Å²) < 4.78 is 11.1. The van der Waals surface area contributed by atoms with Crippen LogP contribution in [0, 0.1) is 5.92 Å². The first kappa shape index (κ1) is 16.4. The van der Waals surface area contributed by atoms with Crippen molar-refractivity contribution in [3.63, 3.8) is 0 Å². The molecule has 0 bridgehead atoms. The van der Waals surface area contributed by atoms with E-state index in [0.29, 0.717) is 19.3 Å². The Hall–Kier alpha value is -0.650. The molecule has 0 aliphatic carbocycles. The Labute approximate surface area is 116 Å². The van der Waals surface area contributed by atoms with Gasteiger partial charge in [-0.3, -0.25) is 9.69 Å². The first-order valence-electron chi connectivity index (χ1n) is 7.35. The van der Waals surface area contributed by atoms with Gasteiger partial charge in [0.1, 0.15) is 0 Å². The molecular formula is C14H28N2O3. The Bertz CT molecular complexity index is 267. The minimum atomic E-state index is -0.178. The van der Waals surface area contributed by atoms with E-state index in [4.69, 9.17) is 15.2 Å². The van der Waals surface area contributed by atoms with Crippen LogP contribution in [-0.2, 0) is 14.3 Å². The highest BCUT2D eigenvalue weighted by Gasteiger charge is 2.28.